The van der Waals surface area contributed by atoms with Gasteiger partial charge in [-0.1, -0.05) is 42.2 Å². The highest BCUT2D eigenvalue weighted by Gasteiger charge is 2.14. The maximum absolute atomic E-state index is 9.69. The second-order valence-corrected chi connectivity index (χ2v) is 9.21. The zero-order valence-corrected chi connectivity index (χ0v) is 18.5. The highest BCUT2D eigenvalue weighted by Crippen LogP contribution is 2.29. The first kappa shape index (κ1) is 20.9. The topological polar surface area (TPSA) is 83.4 Å². The van der Waals surface area contributed by atoms with E-state index in [1.165, 1.54) is 0 Å². The maximum Gasteiger partial charge on any atom is 0.174 e. The number of aromatic hydroxyl groups is 1. The summed E-state index contributed by atoms with van der Waals surface area (Å²) in [5, 5.41) is 22.6. The number of nitrogens with zero attached hydrogens (tertiary/aromatic N) is 4. The van der Waals surface area contributed by atoms with Crippen molar-refractivity contribution in [3.05, 3.63) is 52.7 Å². The molecule has 9 heteroatoms. The molecular formula is C21H25N5O2S2. The fourth-order valence-corrected chi connectivity index (χ4v) is 4.90. The molecule has 0 amide bonds. The Morgan fingerprint density at radius 3 is 2.83 bits per heavy atom. The summed E-state index contributed by atoms with van der Waals surface area (Å²) < 4.78 is 6.47. The van der Waals surface area contributed by atoms with Crippen LogP contribution in [0.1, 0.15) is 23.2 Å². The Morgan fingerprint density at radius 2 is 2.07 bits per heavy atom. The Labute approximate surface area is 184 Å². The fraction of sp³-hybridized carbons (Fsp3) is 0.381. The first-order valence-corrected chi connectivity index (χ1v) is 11.8. The highest BCUT2D eigenvalue weighted by atomic mass is 32.2. The summed E-state index contributed by atoms with van der Waals surface area (Å²) in [6, 6.07) is 11.5. The van der Waals surface area contributed by atoms with Crippen molar-refractivity contribution in [1.82, 2.24) is 15.2 Å². The molecule has 0 unspecified atom stereocenters. The van der Waals surface area contributed by atoms with E-state index < -0.39 is 0 Å². The molecule has 0 bridgehead atoms. The molecule has 1 aromatic carbocycles. The molecule has 0 saturated carbocycles. The molecule has 2 N–H and O–H groups in total. The summed E-state index contributed by atoms with van der Waals surface area (Å²) in [5.74, 6) is 1.83. The number of hydrogen-bond donors (Lipinski definition) is 2. The standard InChI is InChI=1S/C21H25N5O2S2/c1-2-20-24-25-21(30-20)29-14-16-11-17(26-6-8-28-9-7-26)12-19(23-16)22-13-15-4-3-5-18(27)10-15/h3-5,10-12,27H,2,6-9,13-14H2,1H3,(H,22,23). The minimum atomic E-state index is 0.268. The van der Waals surface area contributed by atoms with Crippen molar-refractivity contribution in [2.24, 2.45) is 0 Å². The van der Waals surface area contributed by atoms with Crippen LogP contribution in [0.3, 0.4) is 0 Å². The van der Waals surface area contributed by atoms with Gasteiger partial charge in [0.15, 0.2) is 4.34 Å². The summed E-state index contributed by atoms with van der Waals surface area (Å²) in [5.41, 5.74) is 3.15. The van der Waals surface area contributed by atoms with E-state index in [9.17, 15) is 5.11 Å². The Balaban J connectivity index is 1.50. The zero-order valence-electron chi connectivity index (χ0n) is 16.9. The number of nitrogens with one attached hydrogen (secondary N) is 1. The van der Waals surface area contributed by atoms with Crippen molar-refractivity contribution in [2.45, 2.75) is 30.0 Å². The quantitative estimate of drug-likeness (QED) is 0.507. The van der Waals surface area contributed by atoms with Gasteiger partial charge in [0.2, 0.25) is 0 Å². The number of rotatable bonds is 8. The van der Waals surface area contributed by atoms with E-state index in [1.807, 2.05) is 12.1 Å². The van der Waals surface area contributed by atoms with Crippen LogP contribution < -0.4 is 10.2 Å². The van der Waals surface area contributed by atoms with E-state index in [2.05, 4.69) is 39.5 Å². The first-order chi connectivity index (χ1) is 14.7. The molecular weight excluding hydrogens is 418 g/mol. The van der Waals surface area contributed by atoms with Gasteiger partial charge in [0.25, 0.3) is 0 Å². The number of morpholine rings is 1. The van der Waals surface area contributed by atoms with Crippen molar-refractivity contribution < 1.29 is 9.84 Å². The summed E-state index contributed by atoms with van der Waals surface area (Å²) in [4.78, 5) is 7.14. The highest BCUT2D eigenvalue weighted by molar-refractivity contribution is 8.00. The SMILES string of the molecule is CCc1nnc(SCc2cc(N3CCOCC3)cc(NCc3cccc(O)c3)n2)s1. The zero-order chi connectivity index (χ0) is 20.8. The molecule has 3 aromatic rings. The second kappa shape index (κ2) is 10.1. The van der Waals surface area contributed by atoms with Gasteiger partial charge in [-0.05, 0) is 30.2 Å². The number of aromatic nitrogens is 3. The first-order valence-electron chi connectivity index (χ1n) is 10.00. The molecule has 1 aliphatic rings. The van der Waals surface area contributed by atoms with Gasteiger partial charge in [0, 0.05) is 37.1 Å². The summed E-state index contributed by atoms with van der Waals surface area (Å²) in [6.45, 7) is 5.91. The summed E-state index contributed by atoms with van der Waals surface area (Å²) in [6.07, 6.45) is 0.909. The van der Waals surface area contributed by atoms with Crippen LogP contribution in [0.25, 0.3) is 0 Å². The van der Waals surface area contributed by atoms with E-state index in [4.69, 9.17) is 9.72 Å². The number of ether oxygens (including phenoxy) is 1. The van der Waals surface area contributed by atoms with E-state index >= 15 is 0 Å². The number of hydrogen-bond acceptors (Lipinski definition) is 9. The number of phenolic OH excluding ortho intramolecular Hbond substituents is 1. The lowest BCUT2D eigenvalue weighted by atomic mass is 10.2. The van der Waals surface area contributed by atoms with Crippen LogP contribution in [0.15, 0.2) is 40.7 Å². The lowest BCUT2D eigenvalue weighted by molar-refractivity contribution is 0.122. The van der Waals surface area contributed by atoms with Crippen LogP contribution in [0.2, 0.25) is 0 Å². The Morgan fingerprint density at radius 1 is 1.20 bits per heavy atom. The normalized spacial score (nSPS) is 14.1. The largest absolute Gasteiger partial charge is 0.508 e. The third kappa shape index (κ3) is 5.62. The van der Waals surface area contributed by atoms with Crippen molar-refractivity contribution in [1.29, 1.82) is 0 Å². The van der Waals surface area contributed by atoms with E-state index in [0.717, 1.165) is 70.6 Å². The van der Waals surface area contributed by atoms with E-state index in [0.29, 0.717) is 6.54 Å². The van der Waals surface area contributed by atoms with Gasteiger partial charge in [0.1, 0.15) is 16.6 Å². The van der Waals surface area contributed by atoms with Crippen molar-refractivity contribution >= 4 is 34.6 Å². The molecule has 0 spiro atoms. The number of pyridine rings is 1. The van der Waals surface area contributed by atoms with E-state index in [-0.39, 0.29) is 5.75 Å². The number of anilines is 2. The lowest BCUT2D eigenvalue weighted by Crippen LogP contribution is -2.36. The van der Waals surface area contributed by atoms with Gasteiger partial charge in [-0.25, -0.2) is 4.98 Å². The molecule has 0 atom stereocenters. The lowest BCUT2D eigenvalue weighted by Gasteiger charge is -2.29. The minimum absolute atomic E-state index is 0.268. The number of thioether (sulfide) groups is 1. The Hall–Kier alpha value is -2.36. The molecule has 3 heterocycles. The molecule has 4 rings (SSSR count). The molecule has 30 heavy (non-hydrogen) atoms. The molecule has 0 aliphatic carbocycles. The van der Waals surface area contributed by atoms with Crippen LogP contribution in [-0.2, 0) is 23.5 Å². The smallest absolute Gasteiger partial charge is 0.174 e. The van der Waals surface area contributed by atoms with Gasteiger partial charge in [-0.3, -0.25) is 0 Å². The fourth-order valence-electron chi connectivity index (χ4n) is 3.17. The number of phenols is 1. The van der Waals surface area contributed by atoms with Gasteiger partial charge >= 0.3 is 0 Å². The predicted octanol–water partition coefficient (Wildman–Crippen LogP) is 3.94. The molecule has 0 radical (unpaired) electrons. The summed E-state index contributed by atoms with van der Waals surface area (Å²) in [7, 11) is 0. The molecule has 7 nitrogen and oxygen atoms in total. The average molecular weight is 444 g/mol. The average Bonchev–Trinajstić information content (AvgIpc) is 3.25. The summed E-state index contributed by atoms with van der Waals surface area (Å²) >= 11 is 3.31. The van der Waals surface area contributed by atoms with Gasteiger partial charge in [-0.15, -0.1) is 10.2 Å². The minimum Gasteiger partial charge on any atom is -0.508 e. The predicted molar refractivity (Wildman–Crippen MR) is 122 cm³/mol. The van der Waals surface area contributed by atoms with Gasteiger partial charge in [0.05, 0.1) is 18.9 Å². The van der Waals surface area contributed by atoms with Crippen LogP contribution in [0.5, 0.6) is 5.75 Å². The van der Waals surface area contributed by atoms with Crippen LogP contribution in [0.4, 0.5) is 11.5 Å². The number of benzene rings is 1. The maximum atomic E-state index is 9.69. The van der Waals surface area contributed by atoms with Crippen LogP contribution in [-0.4, -0.2) is 46.6 Å². The number of aryl methyl sites for hydroxylation is 1. The van der Waals surface area contributed by atoms with Crippen molar-refractivity contribution in [3.8, 4) is 5.75 Å². The third-order valence-corrected chi connectivity index (χ3v) is 6.95. The molecule has 1 saturated heterocycles. The molecule has 2 aromatic heterocycles. The van der Waals surface area contributed by atoms with Gasteiger partial charge < -0.3 is 20.1 Å². The Kier molecular flexibility index (Phi) is 7.03. The van der Waals surface area contributed by atoms with Gasteiger partial charge in [-0.2, -0.15) is 0 Å². The van der Waals surface area contributed by atoms with Crippen molar-refractivity contribution in [2.75, 3.05) is 36.5 Å². The monoisotopic (exact) mass is 443 g/mol. The Bertz CT molecular complexity index is 976. The molecule has 1 aliphatic heterocycles. The van der Waals surface area contributed by atoms with Crippen molar-refractivity contribution in [3.63, 3.8) is 0 Å². The molecule has 1 fully saturated rings. The third-order valence-electron chi connectivity index (χ3n) is 4.72. The van der Waals surface area contributed by atoms with Crippen LogP contribution in [0, 0.1) is 0 Å². The van der Waals surface area contributed by atoms with Crippen LogP contribution >= 0.6 is 23.1 Å². The second-order valence-electron chi connectivity index (χ2n) is 6.93. The van der Waals surface area contributed by atoms with E-state index in [1.54, 1.807) is 35.2 Å². The molecule has 158 valence electrons.